The standard InChI is InChI=1S/C18H17N5O2/c24-16-11-23(10-9-19-16)13-7-5-12(6-8-13)20-18(25)17-14-3-1-2-4-15(14)21-22-17/h1-8H,9-11H2,(H,19,24)(H,20,25)(H,21,22). The maximum atomic E-state index is 12.5. The Bertz CT molecular complexity index is 932. The van der Waals surface area contributed by atoms with Crippen LogP contribution in [0.5, 0.6) is 0 Å². The number of benzene rings is 2. The molecule has 4 rings (SSSR count). The number of nitrogens with one attached hydrogen (secondary N) is 3. The third-order valence-electron chi connectivity index (χ3n) is 4.21. The Kier molecular flexibility index (Phi) is 3.81. The molecule has 2 amide bonds. The van der Waals surface area contributed by atoms with Gasteiger partial charge in [-0.05, 0) is 30.3 Å². The number of carbonyl (C=O) groups excluding carboxylic acids is 2. The molecule has 0 saturated carbocycles. The minimum Gasteiger partial charge on any atom is -0.360 e. The molecule has 7 nitrogen and oxygen atoms in total. The van der Waals surface area contributed by atoms with Crippen LogP contribution in [0.15, 0.2) is 48.5 Å². The molecule has 0 radical (unpaired) electrons. The summed E-state index contributed by atoms with van der Waals surface area (Å²) in [6.45, 7) is 1.77. The van der Waals surface area contributed by atoms with Crippen LogP contribution in [0.2, 0.25) is 0 Å². The van der Waals surface area contributed by atoms with E-state index in [1.165, 1.54) is 0 Å². The van der Waals surface area contributed by atoms with E-state index in [1.54, 1.807) is 0 Å². The molecule has 2 aromatic carbocycles. The van der Waals surface area contributed by atoms with Crippen LogP contribution in [0.1, 0.15) is 10.5 Å². The monoisotopic (exact) mass is 335 g/mol. The minimum atomic E-state index is -0.262. The first kappa shape index (κ1) is 15.2. The van der Waals surface area contributed by atoms with Gasteiger partial charge in [0, 0.05) is 29.9 Å². The summed E-state index contributed by atoms with van der Waals surface area (Å²) in [7, 11) is 0. The fraction of sp³-hybridized carbons (Fsp3) is 0.167. The molecule has 3 N–H and O–H groups in total. The number of rotatable bonds is 3. The van der Waals surface area contributed by atoms with Crippen molar-refractivity contribution >= 4 is 34.1 Å². The van der Waals surface area contributed by atoms with Crippen LogP contribution in [0, 0.1) is 0 Å². The van der Waals surface area contributed by atoms with E-state index in [0.717, 1.165) is 23.1 Å². The Hall–Kier alpha value is -3.35. The van der Waals surface area contributed by atoms with Crippen LogP contribution in [-0.2, 0) is 4.79 Å². The van der Waals surface area contributed by atoms with Crippen molar-refractivity contribution in [3.05, 3.63) is 54.2 Å². The third kappa shape index (κ3) is 3.03. The number of hydrogen-bond donors (Lipinski definition) is 3. The molecule has 126 valence electrons. The van der Waals surface area contributed by atoms with Crippen molar-refractivity contribution in [2.45, 2.75) is 0 Å². The van der Waals surface area contributed by atoms with E-state index in [9.17, 15) is 9.59 Å². The number of H-pyrrole nitrogens is 1. The number of aromatic amines is 1. The van der Waals surface area contributed by atoms with Crippen molar-refractivity contribution in [2.75, 3.05) is 29.9 Å². The number of piperazine rings is 1. The first-order valence-corrected chi connectivity index (χ1v) is 8.07. The molecule has 0 aliphatic carbocycles. The predicted octanol–water partition coefficient (Wildman–Crippen LogP) is 1.75. The Morgan fingerprint density at radius 1 is 1.12 bits per heavy atom. The predicted molar refractivity (Wildman–Crippen MR) is 95.7 cm³/mol. The van der Waals surface area contributed by atoms with Crippen LogP contribution in [0.4, 0.5) is 11.4 Å². The molecule has 0 bridgehead atoms. The van der Waals surface area contributed by atoms with E-state index < -0.39 is 0 Å². The van der Waals surface area contributed by atoms with Crippen molar-refractivity contribution in [3.8, 4) is 0 Å². The second kappa shape index (κ2) is 6.27. The number of fused-ring (bicyclic) bond motifs is 1. The van der Waals surface area contributed by atoms with E-state index in [-0.39, 0.29) is 11.8 Å². The van der Waals surface area contributed by atoms with E-state index in [0.29, 0.717) is 24.5 Å². The van der Waals surface area contributed by atoms with E-state index >= 15 is 0 Å². The van der Waals surface area contributed by atoms with Crippen LogP contribution in [0.3, 0.4) is 0 Å². The molecule has 3 aromatic rings. The van der Waals surface area contributed by atoms with Crippen molar-refractivity contribution in [3.63, 3.8) is 0 Å². The summed E-state index contributed by atoms with van der Waals surface area (Å²) in [6, 6.07) is 15.0. The summed E-state index contributed by atoms with van der Waals surface area (Å²) in [5.74, 6) is -0.239. The molecule has 1 aromatic heterocycles. The number of carbonyl (C=O) groups is 2. The number of hydrogen-bond acceptors (Lipinski definition) is 4. The quantitative estimate of drug-likeness (QED) is 0.680. The zero-order valence-electron chi connectivity index (χ0n) is 13.5. The molecule has 25 heavy (non-hydrogen) atoms. The number of nitrogens with zero attached hydrogens (tertiary/aromatic N) is 2. The number of aromatic nitrogens is 2. The van der Waals surface area contributed by atoms with Crippen molar-refractivity contribution < 1.29 is 9.59 Å². The summed E-state index contributed by atoms with van der Waals surface area (Å²) in [5, 5.41) is 13.4. The van der Waals surface area contributed by atoms with Gasteiger partial charge in [0.2, 0.25) is 5.91 Å². The Morgan fingerprint density at radius 3 is 2.72 bits per heavy atom. The largest absolute Gasteiger partial charge is 0.360 e. The lowest BCUT2D eigenvalue weighted by Gasteiger charge is -2.28. The average Bonchev–Trinajstić information content (AvgIpc) is 3.06. The maximum Gasteiger partial charge on any atom is 0.276 e. The van der Waals surface area contributed by atoms with Gasteiger partial charge < -0.3 is 15.5 Å². The molecule has 0 atom stereocenters. The molecule has 1 saturated heterocycles. The smallest absolute Gasteiger partial charge is 0.276 e. The zero-order valence-corrected chi connectivity index (χ0v) is 13.5. The number of para-hydroxylation sites is 1. The van der Waals surface area contributed by atoms with Crippen molar-refractivity contribution in [2.24, 2.45) is 0 Å². The Balaban J connectivity index is 1.49. The van der Waals surface area contributed by atoms with Crippen LogP contribution >= 0.6 is 0 Å². The summed E-state index contributed by atoms with van der Waals surface area (Å²) in [4.78, 5) is 25.9. The van der Waals surface area contributed by atoms with Crippen molar-refractivity contribution in [1.82, 2.24) is 15.5 Å². The molecule has 0 spiro atoms. The summed E-state index contributed by atoms with van der Waals surface area (Å²) in [5.41, 5.74) is 2.83. The van der Waals surface area contributed by atoms with Gasteiger partial charge in [0.1, 0.15) is 0 Å². The summed E-state index contributed by atoms with van der Waals surface area (Å²) in [6.07, 6.45) is 0. The first-order valence-electron chi connectivity index (χ1n) is 8.07. The lowest BCUT2D eigenvalue weighted by molar-refractivity contribution is -0.120. The molecular weight excluding hydrogens is 318 g/mol. The highest BCUT2D eigenvalue weighted by molar-refractivity contribution is 6.11. The van der Waals surface area contributed by atoms with Crippen LogP contribution in [0.25, 0.3) is 10.9 Å². The lowest BCUT2D eigenvalue weighted by Crippen LogP contribution is -2.47. The van der Waals surface area contributed by atoms with Gasteiger partial charge in [0.25, 0.3) is 5.91 Å². The molecule has 1 aliphatic heterocycles. The van der Waals surface area contributed by atoms with Gasteiger partial charge in [-0.3, -0.25) is 14.7 Å². The molecule has 2 heterocycles. The van der Waals surface area contributed by atoms with E-state index in [2.05, 4.69) is 20.8 Å². The lowest BCUT2D eigenvalue weighted by atomic mass is 10.2. The highest BCUT2D eigenvalue weighted by atomic mass is 16.2. The third-order valence-corrected chi connectivity index (χ3v) is 4.21. The average molecular weight is 335 g/mol. The molecule has 1 fully saturated rings. The second-order valence-electron chi connectivity index (χ2n) is 5.89. The SMILES string of the molecule is O=C1CN(c2ccc(NC(=O)c3n[nH]c4ccccc34)cc2)CCN1. The fourth-order valence-corrected chi connectivity index (χ4v) is 2.94. The highest BCUT2D eigenvalue weighted by Crippen LogP contribution is 2.20. The second-order valence-corrected chi connectivity index (χ2v) is 5.89. The zero-order chi connectivity index (χ0) is 17.2. The molecular formula is C18H17N5O2. The Morgan fingerprint density at radius 2 is 1.92 bits per heavy atom. The minimum absolute atomic E-state index is 0.0223. The molecule has 7 heteroatoms. The number of anilines is 2. The van der Waals surface area contributed by atoms with Gasteiger partial charge in [-0.1, -0.05) is 18.2 Å². The van der Waals surface area contributed by atoms with Gasteiger partial charge in [0.05, 0.1) is 12.1 Å². The number of amides is 2. The van der Waals surface area contributed by atoms with E-state index in [4.69, 9.17) is 0 Å². The van der Waals surface area contributed by atoms with Gasteiger partial charge in [-0.25, -0.2) is 0 Å². The summed E-state index contributed by atoms with van der Waals surface area (Å²) >= 11 is 0. The summed E-state index contributed by atoms with van der Waals surface area (Å²) < 4.78 is 0. The first-order chi connectivity index (χ1) is 12.2. The van der Waals surface area contributed by atoms with Gasteiger partial charge in [-0.2, -0.15) is 5.10 Å². The van der Waals surface area contributed by atoms with Crippen LogP contribution < -0.4 is 15.5 Å². The van der Waals surface area contributed by atoms with Gasteiger partial charge in [0.15, 0.2) is 5.69 Å². The van der Waals surface area contributed by atoms with Crippen LogP contribution in [-0.4, -0.2) is 41.6 Å². The highest BCUT2D eigenvalue weighted by Gasteiger charge is 2.17. The Labute approximate surface area is 144 Å². The van der Waals surface area contributed by atoms with Crippen molar-refractivity contribution in [1.29, 1.82) is 0 Å². The fourth-order valence-electron chi connectivity index (χ4n) is 2.94. The molecule has 0 unspecified atom stereocenters. The van der Waals surface area contributed by atoms with E-state index in [1.807, 2.05) is 53.4 Å². The maximum absolute atomic E-state index is 12.5. The normalized spacial score (nSPS) is 14.4. The molecule has 1 aliphatic rings. The van der Waals surface area contributed by atoms with Gasteiger partial charge >= 0.3 is 0 Å². The van der Waals surface area contributed by atoms with Gasteiger partial charge in [-0.15, -0.1) is 0 Å². The topological polar surface area (TPSA) is 90.1 Å².